The van der Waals surface area contributed by atoms with Crippen molar-refractivity contribution in [2.45, 2.75) is 6.92 Å². The number of carboxylic acid groups (broad SMARTS) is 3. The molecule has 0 bridgehead atoms. The van der Waals surface area contributed by atoms with Gasteiger partial charge in [0, 0.05) is 10.8 Å². The van der Waals surface area contributed by atoms with Crippen LogP contribution in [0.15, 0.2) is 28.7 Å². The molecule has 3 N–H and O–H groups in total. The number of pyridine rings is 2. The van der Waals surface area contributed by atoms with Crippen molar-refractivity contribution in [2.75, 3.05) is 14.2 Å². The normalized spacial score (nSPS) is 11.0. The molecule has 1 aromatic carbocycles. The van der Waals surface area contributed by atoms with E-state index in [1.165, 1.54) is 20.3 Å². The first kappa shape index (κ1) is 21.6. The van der Waals surface area contributed by atoms with Gasteiger partial charge < -0.3 is 29.2 Å². The number of carbonyl (C=O) groups is 3. The minimum atomic E-state index is -1.56. The highest BCUT2D eigenvalue weighted by molar-refractivity contribution is 6.14. The topological polar surface area (TPSA) is 169 Å². The molecule has 0 aliphatic rings. The van der Waals surface area contributed by atoms with Gasteiger partial charge in [-0.25, -0.2) is 24.4 Å². The summed E-state index contributed by atoms with van der Waals surface area (Å²) in [7, 11) is 2.87. The van der Waals surface area contributed by atoms with Crippen molar-refractivity contribution >= 4 is 39.8 Å². The van der Waals surface area contributed by atoms with Crippen LogP contribution in [0.1, 0.15) is 36.9 Å². The summed E-state index contributed by atoms with van der Waals surface area (Å²) < 4.78 is 16.7. The third-order valence-electron chi connectivity index (χ3n) is 5.14. The highest BCUT2D eigenvalue weighted by atomic mass is 16.5. The number of hydrogen-bond acceptors (Lipinski definition) is 8. The maximum absolute atomic E-state index is 11.9. The van der Waals surface area contributed by atoms with Gasteiger partial charge in [-0.1, -0.05) is 0 Å². The highest BCUT2D eigenvalue weighted by Gasteiger charge is 2.27. The van der Waals surface area contributed by atoms with E-state index in [-0.39, 0.29) is 34.0 Å². The van der Waals surface area contributed by atoms with Gasteiger partial charge in [-0.15, -0.1) is 0 Å². The van der Waals surface area contributed by atoms with Gasteiger partial charge >= 0.3 is 17.9 Å². The van der Waals surface area contributed by atoms with E-state index in [2.05, 4.69) is 9.97 Å². The van der Waals surface area contributed by atoms with Crippen molar-refractivity contribution in [3.8, 4) is 22.9 Å². The van der Waals surface area contributed by atoms with E-state index < -0.39 is 29.2 Å². The Morgan fingerprint density at radius 2 is 1.55 bits per heavy atom. The lowest BCUT2D eigenvalue weighted by atomic mass is 10.0. The van der Waals surface area contributed by atoms with E-state index in [0.717, 1.165) is 6.07 Å². The molecule has 0 aliphatic heterocycles. The van der Waals surface area contributed by atoms with E-state index in [1.54, 1.807) is 19.1 Å². The molecule has 0 unspecified atom stereocenters. The molecule has 0 atom stereocenters. The molecular formula is C22H16N2O9. The third kappa shape index (κ3) is 3.26. The van der Waals surface area contributed by atoms with Crippen molar-refractivity contribution in [1.29, 1.82) is 0 Å². The first-order chi connectivity index (χ1) is 15.7. The van der Waals surface area contributed by atoms with Crippen molar-refractivity contribution in [1.82, 2.24) is 9.97 Å². The van der Waals surface area contributed by atoms with Crippen LogP contribution < -0.4 is 9.47 Å². The number of benzene rings is 1. The van der Waals surface area contributed by atoms with Crippen molar-refractivity contribution in [3.63, 3.8) is 0 Å². The quantitative estimate of drug-likeness (QED) is 0.391. The second-order valence-corrected chi connectivity index (χ2v) is 6.93. The summed E-state index contributed by atoms with van der Waals surface area (Å²) in [6, 6.07) is 5.62. The highest BCUT2D eigenvalue weighted by Crippen LogP contribution is 2.44. The largest absolute Gasteiger partial charge is 0.493 e. The maximum Gasteiger partial charge on any atom is 0.355 e. The Morgan fingerprint density at radius 1 is 0.848 bits per heavy atom. The SMILES string of the molecule is COc1ccc2c(oc3c(-c4ccc(C(=O)O)c(C(=O)O)n4)nc(C(=O)O)c(C)c32)c1OC. The number of aromatic carboxylic acids is 3. The van der Waals surface area contributed by atoms with Crippen LogP contribution in [0.3, 0.4) is 0 Å². The molecule has 3 aromatic heterocycles. The predicted molar refractivity (Wildman–Crippen MR) is 113 cm³/mol. The van der Waals surface area contributed by atoms with Crippen molar-refractivity contribution in [2.24, 2.45) is 0 Å². The average Bonchev–Trinajstić information content (AvgIpc) is 3.18. The summed E-state index contributed by atoms with van der Waals surface area (Å²) in [4.78, 5) is 43.0. The minimum absolute atomic E-state index is 0.0651. The van der Waals surface area contributed by atoms with E-state index in [4.69, 9.17) is 13.9 Å². The number of furan rings is 1. The second kappa shape index (κ2) is 7.79. The van der Waals surface area contributed by atoms with Crippen LogP contribution in [0.5, 0.6) is 11.5 Å². The second-order valence-electron chi connectivity index (χ2n) is 6.93. The Bertz CT molecular complexity index is 1490. The van der Waals surface area contributed by atoms with Gasteiger partial charge in [-0.3, -0.25) is 0 Å². The van der Waals surface area contributed by atoms with Crippen LogP contribution in [0.25, 0.3) is 33.3 Å². The predicted octanol–water partition coefficient (Wildman–Crippen LogP) is 3.46. The van der Waals surface area contributed by atoms with Gasteiger partial charge in [-0.05, 0) is 36.8 Å². The van der Waals surface area contributed by atoms with Gasteiger partial charge in [0.15, 0.2) is 28.3 Å². The van der Waals surface area contributed by atoms with E-state index in [1.807, 2.05) is 0 Å². The molecule has 0 spiro atoms. The molecule has 0 fully saturated rings. The molecule has 0 amide bonds. The van der Waals surface area contributed by atoms with E-state index in [0.29, 0.717) is 22.1 Å². The van der Waals surface area contributed by atoms with Crippen LogP contribution in [0, 0.1) is 6.92 Å². The fraction of sp³-hybridized carbons (Fsp3) is 0.136. The molecule has 168 valence electrons. The molecule has 0 radical (unpaired) electrons. The fourth-order valence-electron chi connectivity index (χ4n) is 3.68. The number of rotatable bonds is 6. The Hall–Kier alpha value is -4.67. The number of ether oxygens (including phenoxy) is 2. The van der Waals surface area contributed by atoms with E-state index in [9.17, 15) is 29.7 Å². The summed E-state index contributed by atoms with van der Waals surface area (Å²) in [5.74, 6) is -3.70. The summed E-state index contributed by atoms with van der Waals surface area (Å²) >= 11 is 0. The molecule has 0 saturated heterocycles. The van der Waals surface area contributed by atoms with Crippen molar-refractivity contribution in [3.05, 3.63) is 46.8 Å². The summed E-state index contributed by atoms with van der Waals surface area (Å²) in [5.41, 5.74) is -0.970. The lowest BCUT2D eigenvalue weighted by molar-refractivity contribution is 0.0646. The number of fused-ring (bicyclic) bond motifs is 3. The molecular weight excluding hydrogens is 436 g/mol. The molecule has 11 heteroatoms. The number of aryl methyl sites for hydroxylation is 1. The molecule has 11 nitrogen and oxygen atoms in total. The molecule has 0 aliphatic carbocycles. The Morgan fingerprint density at radius 3 is 2.12 bits per heavy atom. The molecule has 0 saturated carbocycles. The summed E-state index contributed by atoms with van der Waals surface area (Å²) in [6.45, 7) is 1.57. The van der Waals surface area contributed by atoms with Crippen LogP contribution in [0.2, 0.25) is 0 Å². The Balaban J connectivity index is 2.16. The van der Waals surface area contributed by atoms with Gasteiger partial charge in [0.25, 0.3) is 0 Å². The number of methoxy groups -OCH3 is 2. The van der Waals surface area contributed by atoms with Gasteiger partial charge in [-0.2, -0.15) is 0 Å². The van der Waals surface area contributed by atoms with Gasteiger partial charge in [0.05, 0.1) is 25.5 Å². The number of aromatic nitrogens is 2. The Labute approximate surface area is 184 Å². The lowest BCUT2D eigenvalue weighted by Crippen LogP contribution is -2.12. The maximum atomic E-state index is 11.9. The number of hydrogen-bond donors (Lipinski definition) is 3. The summed E-state index contributed by atoms with van der Waals surface area (Å²) in [5, 5.41) is 29.3. The smallest absolute Gasteiger partial charge is 0.355 e. The van der Waals surface area contributed by atoms with E-state index >= 15 is 0 Å². The van der Waals surface area contributed by atoms with Gasteiger partial charge in [0.2, 0.25) is 5.75 Å². The molecule has 4 aromatic rings. The summed E-state index contributed by atoms with van der Waals surface area (Å²) in [6.07, 6.45) is 0. The molecule has 4 rings (SSSR count). The zero-order chi connectivity index (χ0) is 24.0. The first-order valence-corrected chi connectivity index (χ1v) is 9.38. The lowest BCUT2D eigenvalue weighted by Gasteiger charge is -2.09. The number of nitrogens with zero attached hydrogens (tertiary/aromatic N) is 2. The molecule has 33 heavy (non-hydrogen) atoms. The zero-order valence-electron chi connectivity index (χ0n) is 17.5. The monoisotopic (exact) mass is 452 g/mol. The van der Waals surface area contributed by atoms with Crippen LogP contribution >= 0.6 is 0 Å². The number of carboxylic acids is 3. The van der Waals surface area contributed by atoms with Crippen LogP contribution in [-0.2, 0) is 0 Å². The Kier molecular flexibility index (Phi) is 5.09. The zero-order valence-corrected chi connectivity index (χ0v) is 17.5. The molecule has 3 heterocycles. The first-order valence-electron chi connectivity index (χ1n) is 9.38. The van der Waals surface area contributed by atoms with Crippen LogP contribution in [-0.4, -0.2) is 57.4 Å². The average molecular weight is 452 g/mol. The minimum Gasteiger partial charge on any atom is -0.493 e. The fourth-order valence-corrected chi connectivity index (χ4v) is 3.68. The standard InChI is InChI=1S/C22H16N2O9/c1-8-13-9-5-7-12(31-2)18(32-3)17(9)33-19(13)16(24-14(8)21(27)28)11-6-4-10(20(25)26)15(23-11)22(29)30/h4-7H,1-3H3,(H,25,26)(H,27,28)(H,29,30). The van der Waals surface area contributed by atoms with Crippen molar-refractivity contribution < 1.29 is 43.6 Å². The third-order valence-corrected chi connectivity index (χ3v) is 5.14. The van der Waals surface area contributed by atoms with Crippen LogP contribution in [0.4, 0.5) is 0 Å². The van der Waals surface area contributed by atoms with Gasteiger partial charge in [0.1, 0.15) is 5.69 Å².